The lowest BCUT2D eigenvalue weighted by molar-refractivity contribution is -0.141. The molecular weight excluding hydrogens is 849 g/mol. The number of nitrogens with two attached hydrogens (primary N) is 1. The van der Waals surface area contributed by atoms with Crippen molar-refractivity contribution < 1.29 is 41.8 Å². The number of fused-ring (bicyclic) bond motifs is 1. The Kier molecular flexibility index (Phi) is 13.3. The van der Waals surface area contributed by atoms with Crippen molar-refractivity contribution in [3.63, 3.8) is 0 Å². The second-order valence-corrected chi connectivity index (χ2v) is 18.9. The van der Waals surface area contributed by atoms with Gasteiger partial charge in [0.25, 0.3) is 15.9 Å². The number of nitrogens with one attached hydrogen (secondary N) is 4. The Labute approximate surface area is 370 Å². The van der Waals surface area contributed by atoms with Gasteiger partial charge in [0.15, 0.2) is 5.13 Å². The molecule has 7 rings (SSSR count). The molecule has 4 aromatic rings. The van der Waals surface area contributed by atoms with Crippen LogP contribution in [0.4, 0.5) is 15.6 Å². The van der Waals surface area contributed by atoms with Crippen LogP contribution < -0.4 is 35.9 Å². The second-order valence-electron chi connectivity index (χ2n) is 16.4. The van der Waals surface area contributed by atoms with Crippen LogP contribution in [0.25, 0.3) is 22.3 Å². The fraction of sp³-hybridized carbons (Fsp3) is 0.455. The van der Waals surface area contributed by atoms with E-state index in [9.17, 15) is 27.6 Å². The average molecular weight is 901 g/mol. The normalized spacial score (nSPS) is 21.3. The summed E-state index contributed by atoms with van der Waals surface area (Å²) in [6, 6.07) is 10.6. The molecule has 3 aliphatic rings. The van der Waals surface area contributed by atoms with Crippen LogP contribution in [0.3, 0.4) is 0 Å². The summed E-state index contributed by atoms with van der Waals surface area (Å²) >= 11 is 1.43. The van der Waals surface area contributed by atoms with E-state index in [0.717, 1.165) is 25.7 Å². The van der Waals surface area contributed by atoms with Gasteiger partial charge in [-0.3, -0.25) is 14.4 Å². The number of aromatic nitrogens is 2. The Morgan fingerprint density at radius 3 is 2.51 bits per heavy atom. The highest BCUT2D eigenvalue weighted by atomic mass is 32.2. The van der Waals surface area contributed by atoms with Crippen molar-refractivity contribution in [3.05, 3.63) is 53.9 Å². The van der Waals surface area contributed by atoms with Crippen molar-refractivity contribution >= 4 is 66.9 Å². The largest absolute Gasteiger partial charge is 0.497 e. The lowest BCUT2D eigenvalue weighted by Crippen LogP contribution is -2.58. The van der Waals surface area contributed by atoms with Gasteiger partial charge in [-0.2, -0.15) is 0 Å². The van der Waals surface area contributed by atoms with Gasteiger partial charge >= 0.3 is 6.09 Å². The first-order valence-electron chi connectivity index (χ1n) is 21.0. The molecule has 19 heteroatoms. The summed E-state index contributed by atoms with van der Waals surface area (Å²) in [5.41, 5.74) is 5.69. The Balaban J connectivity index is 1.20. The fourth-order valence-corrected chi connectivity index (χ4v) is 10.1. The molecule has 3 heterocycles. The van der Waals surface area contributed by atoms with Crippen LogP contribution in [0.1, 0.15) is 72.1 Å². The molecule has 1 saturated heterocycles. The van der Waals surface area contributed by atoms with Crippen molar-refractivity contribution in [3.8, 4) is 35.2 Å². The molecular formula is C44H52N8O9S2. The average Bonchev–Trinajstić information content (AvgIpc) is 3.65. The topological polar surface area (TPSA) is 233 Å². The number of pyridine rings is 1. The molecule has 4 amide bonds. The number of benzene rings is 2. The maximum Gasteiger partial charge on any atom is 0.408 e. The molecule has 5 atom stereocenters. The van der Waals surface area contributed by atoms with Gasteiger partial charge in [-0.15, -0.1) is 23.7 Å². The molecule has 0 bridgehead atoms. The van der Waals surface area contributed by atoms with Gasteiger partial charge in [-0.05, 0) is 76.6 Å². The van der Waals surface area contributed by atoms with E-state index >= 15 is 0 Å². The van der Waals surface area contributed by atoms with Gasteiger partial charge in [-0.25, -0.2) is 27.9 Å². The highest BCUT2D eigenvalue weighted by Gasteiger charge is 2.62. The number of ether oxygens (including phenoxy) is 3. The lowest BCUT2D eigenvalue weighted by atomic mass is 10.1. The summed E-state index contributed by atoms with van der Waals surface area (Å²) in [6.45, 7) is 5.80. The number of hydrogen-bond donors (Lipinski definition) is 5. The van der Waals surface area contributed by atoms with E-state index in [4.69, 9.17) is 36.3 Å². The summed E-state index contributed by atoms with van der Waals surface area (Å²) in [6.07, 6.45) is 7.99. The highest BCUT2D eigenvalue weighted by molar-refractivity contribution is 7.90. The zero-order chi connectivity index (χ0) is 45.1. The first-order valence-corrected chi connectivity index (χ1v) is 23.4. The monoisotopic (exact) mass is 900 g/mol. The summed E-state index contributed by atoms with van der Waals surface area (Å²) in [5.74, 6) is 0.213. The number of para-hydroxylation sites is 1. The minimum Gasteiger partial charge on any atom is -0.497 e. The third-order valence-corrected chi connectivity index (χ3v) is 13.6. The van der Waals surface area contributed by atoms with E-state index in [1.54, 1.807) is 37.4 Å². The summed E-state index contributed by atoms with van der Waals surface area (Å²) in [7, 11) is -2.93. The number of amides is 4. The maximum absolute atomic E-state index is 14.6. The molecule has 17 nitrogen and oxygen atoms in total. The molecule has 6 N–H and O–H groups in total. The van der Waals surface area contributed by atoms with Gasteiger partial charge in [0.05, 0.1) is 36.5 Å². The number of terminal acetylenes is 1. The summed E-state index contributed by atoms with van der Waals surface area (Å²) in [5, 5.41) is 12.0. The molecule has 63 heavy (non-hydrogen) atoms. The van der Waals surface area contributed by atoms with Crippen LogP contribution in [0.5, 0.6) is 11.5 Å². The Bertz CT molecular complexity index is 2540. The molecule has 1 aliphatic heterocycles. The lowest BCUT2D eigenvalue weighted by Gasteiger charge is -2.29. The highest BCUT2D eigenvalue weighted by Crippen LogP contribution is 2.44. The number of carbonyl (C=O) groups excluding carboxylic acids is 4. The number of likely N-dealkylation sites (tertiary alicyclic amines) is 1. The minimum absolute atomic E-state index is 0.0470. The molecule has 2 aromatic carbocycles. The van der Waals surface area contributed by atoms with Gasteiger partial charge in [0.2, 0.25) is 11.8 Å². The van der Waals surface area contributed by atoms with Gasteiger partial charge in [-0.1, -0.05) is 25.5 Å². The second kappa shape index (κ2) is 18.7. The number of anilines is 2. The third kappa shape index (κ3) is 9.92. The van der Waals surface area contributed by atoms with Crippen molar-refractivity contribution in [2.75, 3.05) is 24.7 Å². The Hall–Kier alpha value is -6.13. The third-order valence-electron chi connectivity index (χ3n) is 11.4. The smallest absolute Gasteiger partial charge is 0.408 e. The summed E-state index contributed by atoms with van der Waals surface area (Å²) in [4.78, 5) is 66.8. The predicted octanol–water partition coefficient (Wildman–Crippen LogP) is 4.97. The number of rotatable bonds is 16. The molecule has 0 spiro atoms. The number of hydrogen-bond acceptors (Lipinski definition) is 14. The maximum atomic E-state index is 14.6. The van der Waals surface area contributed by atoms with E-state index in [2.05, 4.69) is 21.9 Å². The number of sulfonamides is 1. The summed E-state index contributed by atoms with van der Waals surface area (Å²) < 4.78 is 46.6. The number of carbonyl (C=O) groups is 4. The molecule has 0 radical (unpaired) electrons. The molecule has 2 aromatic heterocycles. The number of methoxy groups -OCH3 is 1. The van der Waals surface area contributed by atoms with Crippen molar-refractivity contribution in [2.45, 2.75) is 113 Å². The minimum atomic E-state index is -4.48. The van der Waals surface area contributed by atoms with Crippen LogP contribution in [-0.2, 0) is 29.1 Å². The van der Waals surface area contributed by atoms with Crippen molar-refractivity contribution in [1.82, 2.24) is 30.2 Å². The molecule has 2 aliphatic carbocycles. The standard InChI is InChI=1S/C44H52N8O9S2/c1-6-12-32(49-43(56)61-27-13-8-9-14-27)40(54)52-23-29(60-37-21-34(35-24-62-42(48-35)46-25(3)4)47-33-19-28(59-5)17-18-30(33)37)20-36(52)39(53)50-44(22-26(44)7-2)41(55)51-63(57,58)38-16-11-10-15-31(38)45/h2,10-11,15-19,21,24-27,29,32,36H,6,8-9,12-14,20,22-23,45H2,1,3-5H3,(H,46,48)(H,49,56)(H,50,53)(H,51,55)/t26-,29-,32+,36+,44-/m1/s1. The van der Waals surface area contributed by atoms with Crippen LogP contribution in [0, 0.1) is 18.3 Å². The first kappa shape index (κ1) is 44.9. The van der Waals surface area contributed by atoms with E-state index in [0.29, 0.717) is 45.3 Å². The number of thiazole rings is 1. The zero-order valence-corrected chi connectivity index (χ0v) is 37.1. The molecule has 2 saturated carbocycles. The zero-order valence-electron chi connectivity index (χ0n) is 35.5. The van der Waals surface area contributed by atoms with E-state index in [1.807, 2.05) is 30.9 Å². The predicted molar refractivity (Wildman–Crippen MR) is 237 cm³/mol. The number of nitrogens with zero attached hydrogens (tertiary/aromatic N) is 3. The Morgan fingerprint density at radius 1 is 1.06 bits per heavy atom. The Morgan fingerprint density at radius 2 is 1.83 bits per heavy atom. The first-order chi connectivity index (χ1) is 30.1. The van der Waals surface area contributed by atoms with Crippen molar-refractivity contribution in [1.29, 1.82) is 0 Å². The van der Waals surface area contributed by atoms with Crippen molar-refractivity contribution in [2.24, 2.45) is 5.92 Å². The number of nitrogen functional groups attached to an aromatic ring is 1. The van der Waals surface area contributed by atoms with E-state index in [1.165, 1.54) is 34.4 Å². The van der Waals surface area contributed by atoms with Gasteiger partial charge in [0.1, 0.15) is 51.9 Å². The molecule has 3 fully saturated rings. The van der Waals surface area contributed by atoms with Crippen LogP contribution in [0.15, 0.2) is 58.8 Å². The molecule has 334 valence electrons. The van der Waals surface area contributed by atoms with Crippen LogP contribution in [-0.4, -0.2) is 96.6 Å². The van der Waals surface area contributed by atoms with Crippen LogP contribution in [0.2, 0.25) is 0 Å². The fourth-order valence-electron chi connectivity index (χ4n) is 8.08. The number of alkyl carbamates (subject to hydrolysis) is 1. The van der Waals surface area contributed by atoms with Gasteiger partial charge < -0.3 is 40.8 Å². The van der Waals surface area contributed by atoms with Crippen LogP contribution >= 0.6 is 11.3 Å². The quantitative estimate of drug-likeness (QED) is 0.0740. The van der Waals surface area contributed by atoms with E-state index in [-0.39, 0.29) is 48.5 Å². The SMILES string of the molecule is C#C[C@@H]1C[C@]1(NC(=O)[C@@H]1C[C@@H](Oc2cc(-c3csc(NC(C)C)n3)nc3cc(OC)ccc23)CN1C(=O)[C@H](CCC)NC(=O)OC1CCCC1)C(=O)NS(=O)(=O)c1ccccc1N. The van der Waals surface area contributed by atoms with Gasteiger partial charge in [0, 0.05) is 35.4 Å². The molecule has 0 unspecified atom stereocenters. The van der Waals surface area contributed by atoms with E-state index < -0.39 is 63.5 Å².